The summed E-state index contributed by atoms with van der Waals surface area (Å²) in [5, 5.41) is 7.17. The van der Waals surface area contributed by atoms with E-state index in [2.05, 4.69) is 10.4 Å². The number of anilines is 1. The number of benzene rings is 2. The molecule has 1 N–H and O–H groups in total. The molecule has 1 aromatic heterocycles. The molecule has 1 aliphatic rings. The lowest BCUT2D eigenvalue weighted by Crippen LogP contribution is -2.39. The summed E-state index contributed by atoms with van der Waals surface area (Å²) in [5.41, 5.74) is 2.22. The maximum Gasteiger partial charge on any atom is 0.241 e. The second-order valence-electron chi connectivity index (χ2n) is 7.07. The van der Waals surface area contributed by atoms with E-state index < -0.39 is 0 Å². The van der Waals surface area contributed by atoms with Crippen molar-refractivity contribution in [2.45, 2.75) is 25.4 Å². The monoisotopic (exact) mass is 394 g/mol. The summed E-state index contributed by atoms with van der Waals surface area (Å²) < 4.78 is 21.1. The van der Waals surface area contributed by atoms with Crippen LogP contribution < -0.4 is 10.1 Å². The van der Waals surface area contributed by atoms with Crippen molar-refractivity contribution in [1.82, 2.24) is 14.7 Å². The molecule has 1 aliphatic heterocycles. The molecular formula is C22H23FN4O2. The molecule has 150 valence electrons. The molecule has 0 saturated carbocycles. The van der Waals surface area contributed by atoms with Gasteiger partial charge >= 0.3 is 0 Å². The van der Waals surface area contributed by atoms with Gasteiger partial charge in [0.2, 0.25) is 5.91 Å². The Morgan fingerprint density at radius 1 is 1.28 bits per heavy atom. The predicted molar refractivity (Wildman–Crippen MR) is 109 cm³/mol. The van der Waals surface area contributed by atoms with E-state index in [-0.39, 0.29) is 17.8 Å². The molecule has 1 fully saturated rings. The first-order valence-corrected chi connectivity index (χ1v) is 9.61. The standard InChI is InChI=1S/C22H23FN4O2/c1-29-19-10-5-16(20(23)14-19)15-26-12-2-4-21(26)22(28)25-17-6-8-18(9-7-17)27-13-3-11-24-27/h3,5-11,13-14,21H,2,4,12,15H2,1H3,(H,25,28)/t21-/m0/s1. The lowest BCUT2D eigenvalue weighted by atomic mass is 10.1. The minimum atomic E-state index is -0.315. The molecule has 0 radical (unpaired) electrons. The fourth-order valence-electron chi connectivity index (χ4n) is 3.66. The van der Waals surface area contributed by atoms with Gasteiger partial charge in [-0.2, -0.15) is 5.10 Å². The third-order valence-electron chi connectivity index (χ3n) is 5.20. The SMILES string of the molecule is COc1ccc(CN2CCC[C@H]2C(=O)Nc2ccc(-n3cccn3)cc2)c(F)c1. The molecule has 1 amide bonds. The molecule has 0 aliphatic carbocycles. The number of carbonyl (C=O) groups is 1. The van der Waals surface area contributed by atoms with E-state index in [1.807, 2.05) is 41.4 Å². The third-order valence-corrected chi connectivity index (χ3v) is 5.20. The summed E-state index contributed by atoms with van der Waals surface area (Å²) in [6.07, 6.45) is 5.25. The zero-order chi connectivity index (χ0) is 20.2. The lowest BCUT2D eigenvalue weighted by molar-refractivity contribution is -0.120. The maximum atomic E-state index is 14.3. The van der Waals surface area contributed by atoms with E-state index >= 15 is 0 Å². The van der Waals surface area contributed by atoms with Crippen LogP contribution in [0, 0.1) is 5.82 Å². The van der Waals surface area contributed by atoms with Crippen LogP contribution in [0.1, 0.15) is 18.4 Å². The summed E-state index contributed by atoms with van der Waals surface area (Å²) in [7, 11) is 1.51. The van der Waals surface area contributed by atoms with E-state index in [1.54, 1.807) is 23.0 Å². The van der Waals surface area contributed by atoms with Crippen molar-refractivity contribution in [2.75, 3.05) is 19.0 Å². The van der Waals surface area contributed by atoms with Crippen LogP contribution in [0.25, 0.3) is 5.69 Å². The largest absolute Gasteiger partial charge is 0.497 e. The van der Waals surface area contributed by atoms with Gasteiger partial charge in [-0.3, -0.25) is 9.69 Å². The summed E-state index contributed by atoms with van der Waals surface area (Å²) in [4.78, 5) is 14.9. The predicted octanol–water partition coefficient (Wildman–Crippen LogP) is 3.62. The van der Waals surface area contributed by atoms with Crippen LogP contribution in [0.15, 0.2) is 60.9 Å². The molecule has 3 aromatic rings. The van der Waals surface area contributed by atoms with E-state index in [0.29, 0.717) is 17.9 Å². The van der Waals surface area contributed by atoms with E-state index in [4.69, 9.17) is 4.74 Å². The molecule has 0 spiro atoms. The number of carbonyl (C=O) groups excluding carboxylic acids is 1. The van der Waals surface area contributed by atoms with Crippen molar-refractivity contribution in [1.29, 1.82) is 0 Å². The molecule has 1 saturated heterocycles. The molecule has 0 bridgehead atoms. The minimum absolute atomic E-state index is 0.0664. The second-order valence-corrected chi connectivity index (χ2v) is 7.07. The van der Waals surface area contributed by atoms with Crippen LogP contribution in [0.5, 0.6) is 5.75 Å². The molecule has 1 atom stereocenters. The number of nitrogens with zero attached hydrogens (tertiary/aromatic N) is 3. The third kappa shape index (κ3) is 4.30. The Morgan fingerprint density at radius 3 is 2.79 bits per heavy atom. The molecule has 7 heteroatoms. The van der Waals surface area contributed by atoms with Crippen LogP contribution in [0.2, 0.25) is 0 Å². The summed E-state index contributed by atoms with van der Waals surface area (Å²) in [5.74, 6) is 0.105. The Kier molecular flexibility index (Phi) is 5.57. The number of ether oxygens (including phenoxy) is 1. The van der Waals surface area contributed by atoms with Crippen molar-refractivity contribution in [3.8, 4) is 11.4 Å². The topological polar surface area (TPSA) is 59.4 Å². The van der Waals surface area contributed by atoms with Gasteiger partial charge < -0.3 is 10.1 Å². The van der Waals surface area contributed by atoms with Gasteiger partial charge in [0.15, 0.2) is 0 Å². The van der Waals surface area contributed by atoms with Gasteiger partial charge in [0.25, 0.3) is 0 Å². The summed E-state index contributed by atoms with van der Waals surface area (Å²) in [6.45, 7) is 1.16. The summed E-state index contributed by atoms with van der Waals surface area (Å²) >= 11 is 0. The number of hydrogen-bond donors (Lipinski definition) is 1. The van der Waals surface area contributed by atoms with Gasteiger partial charge in [0.05, 0.1) is 18.8 Å². The highest BCUT2D eigenvalue weighted by Gasteiger charge is 2.31. The number of likely N-dealkylation sites (tertiary alicyclic amines) is 1. The average molecular weight is 394 g/mol. The minimum Gasteiger partial charge on any atom is -0.497 e. The fourth-order valence-corrected chi connectivity index (χ4v) is 3.66. The fraction of sp³-hybridized carbons (Fsp3) is 0.273. The van der Waals surface area contributed by atoms with Crippen molar-refractivity contribution in [2.24, 2.45) is 0 Å². The molecule has 2 aromatic carbocycles. The number of rotatable bonds is 6. The van der Waals surface area contributed by atoms with Crippen LogP contribution in [-0.2, 0) is 11.3 Å². The number of aromatic nitrogens is 2. The number of amides is 1. The van der Waals surface area contributed by atoms with Crippen LogP contribution in [-0.4, -0.2) is 40.3 Å². The average Bonchev–Trinajstić information content (AvgIpc) is 3.42. The van der Waals surface area contributed by atoms with Gasteiger partial charge in [0, 0.05) is 36.3 Å². The first kappa shape index (κ1) is 19.1. The van der Waals surface area contributed by atoms with Crippen LogP contribution in [0.4, 0.5) is 10.1 Å². The molecule has 0 unspecified atom stereocenters. The lowest BCUT2D eigenvalue weighted by Gasteiger charge is -2.24. The Balaban J connectivity index is 1.41. The highest BCUT2D eigenvalue weighted by molar-refractivity contribution is 5.95. The molecule has 29 heavy (non-hydrogen) atoms. The van der Waals surface area contributed by atoms with Gasteiger partial charge in [-0.05, 0) is 55.8 Å². The van der Waals surface area contributed by atoms with Crippen molar-refractivity contribution in [3.63, 3.8) is 0 Å². The molecule has 6 nitrogen and oxygen atoms in total. The maximum absolute atomic E-state index is 14.3. The first-order chi connectivity index (χ1) is 14.1. The Labute approximate surface area is 168 Å². The number of nitrogens with one attached hydrogen (secondary N) is 1. The highest BCUT2D eigenvalue weighted by atomic mass is 19.1. The molecular weight excluding hydrogens is 371 g/mol. The highest BCUT2D eigenvalue weighted by Crippen LogP contribution is 2.24. The molecule has 4 rings (SSSR count). The van der Waals surface area contributed by atoms with Crippen molar-refractivity contribution < 1.29 is 13.9 Å². The van der Waals surface area contributed by atoms with E-state index in [0.717, 1.165) is 30.8 Å². The Bertz CT molecular complexity index is 973. The number of hydrogen-bond acceptors (Lipinski definition) is 4. The quantitative estimate of drug-likeness (QED) is 0.694. The van der Waals surface area contributed by atoms with Gasteiger partial charge in [0.1, 0.15) is 11.6 Å². The van der Waals surface area contributed by atoms with Gasteiger partial charge in [-0.15, -0.1) is 0 Å². The smallest absolute Gasteiger partial charge is 0.241 e. The normalized spacial score (nSPS) is 16.7. The second kappa shape index (κ2) is 8.45. The van der Waals surface area contributed by atoms with Crippen LogP contribution >= 0.6 is 0 Å². The first-order valence-electron chi connectivity index (χ1n) is 9.61. The summed E-state index contributed by atoms with van der Waals surface area (Å²) in [6, 6.07) is 13.9. The number of methoxy groups -OCH3 is 1. The van der Waals surface area contributed by atoms with Gasteiger partial charge in [-0.25, -0.2) is 9.07 Å². The van der Waals surface area contributed by atoms with Gasteiger partial charge in [-0.1, -0.05) is 6.07 Å². The molecule has 2 heterocycles. The van der Waals surface area contributed by atoms with Crippen molar-refractivity contribution >= 4 is 11.6 Å². The zero-order valence-electron chi connectivity index (χ0n) is 16.2. The van der Waals surface area contributed by atoms with Crippen molar-refractivity contribution in [3.05, 3.63) is 72.3 Å². The van der Waals surface area contributed by atoms with E-state index in [1.165, 1.54) is 13.2 Å². The number of halogens is 1. The Morgan fingerprint density at radius 2 is 2.10 bits per heavy atom. The van der Waals surface area contributed by atoms with Crippen LogP contribution in [0.3, 0.4) is 0 Å². The zero-order valence-corrected chi connectivity index (χ0v) is 16.2. The Hall–Kier alpha value is -3.19. The van der Waals surface area contributed by atoms with E-state index in [9.17, 15) is 9.18 Å².